The molecular formula is C13H20O8S. The predicted octanol–water partition coefficient (Wildman–Crippen LogP) is 0.166. The Hall–Kier alpha value is -1.19. The lowest BCUT2D eigenvalue weighted by Gasteiger charge is -2.28. The largest absolute Gasteiger partial charge is 0.464 e. The van der Waals surface area contributed by atoms with E-state index >= 15 is 0 Å². The van der Waals surface area contributed by atoms with Gasteiger partial charge in [0.1, 0.15) is 25.1 Å². The van der Waals surface area contributed by atoms with Gasteiger partial charge in [-0.05, 0) is 12.8 Å². The number of epoxide rings is 1. The Morgan fingerprint density at radius 2 is 1.64 bits per heavy atom. The predicted molar refractivity (Wildman–Crippen MR) is 73.5 cm³/mol. The molecular weight excluding hydrogens is 316 g/mol. The standard InChI is InChI=1S/C13H20O8S/c14-12(19-5-6-22(16,17)18)10-3-1-2-4-11(10)13(15)21-8-9-7-20-9/h9-11H,1-8H2,(H,16,17,18). The number of hydrogen-bond acceptors (Lipinski definition) is 7. The van der Waals surface area contributed by atoms with Crippen LogP contribution in [0.3, 0.4) is 0 Å². The van der Waals surface area contributed by atoms with Gasteiger partial charge >= 0.3 is 11.9 Å². The molecule has 2 fully saturated rings. The topological polar surface area (TPSA) is 120 Å². The van der Waals surface area contributed by atoms with Crippen molar-refractivity contribution < 1.29 is 36.8 Å². The van der Waals surface area contributed by atoms with Crippen LogP contribution in [0.1, 0.15) is 25.7 Å². The first-order chi connectivity index (χ1) is 10.4. The van der Waals surface area contributed by atoms with Crippen LogP contribution in [0, 0.1) is 11.8 Å². The van der Waals surface area contributed by atoms with Crippen LogP contribution in [0.25, 0.3) is 0 Å². The van der Waals surface area contributed by atoms with Gasteiger partial charge in [-0.25, -0.2) is 0 Å². The highest BCUT2D eigenvalue weighted by molar-refractivity contribution is 7.85. The molecule has 8 nitrogen and oxygen atoms in total. The molecule has 3 atom stereocenters. The Balaban J connectivity index is 1.84. The van der Waals surface area contributed by atoms with Crippen LogP contribution in [0.5, 0.6) is 0 Å². The first kappa shape index (κ1) is 17.2. The second-order valence-corrected chi connectivity index (χ2v) is 7.11. The molecule has 126 valence electrons. The Bertz CT molecular complexity index is 510. The van der Waals surface area contributed by atoms with E-state index in [1.54, 1.807) is 0 Å². The molecule has 2 rings (SSSR count). The van der Waals surface area contributed by atoms with E-state index in [0.29, 0.717) is 19.4 Å². The highest BCUT2D eigenvalue weighted by Gasteiger charge is 2.38. The summed E-state index contributed by atoms with van der Waals surface area (Å²) in [5.41, 5.74) is 0. The van der Waals surface area contributed by atoms with Crippen LogP contribution >= 0.6 is 0 Å². The minimum Gasteiger partial charge on any atom is -0.464 e. The third-order valence-electron chi connectivity index (χ3n) is 3.77. The summed E-state index contributed by atoms with van der Waals surface area (Å²) in [6.07, 6.45) is 2.64. The fourth-order valence-electron chi connectivity index (χ4n) is 2.50. The molecule has 9 heteroatoms. The summed E-state index contributed by atoms with van der Waals surface area (Å²) >= 11 is 0. The molecule has 1 aliphatic heterocycles. The monoisotopic (exact) mass is 336 g/mol. The summed E-state index contributed by atoms with van der Waals surface area (Å²) in [5.74, 6) is -2.90. The molecule has 3 unspecified atom stereocenters. The molecule has 1 saturated carbocycles. The maximum atomic E-state index is 12.1. The molecule has 22 heavy (non-hydrogen) atoms. The van der Waals surface area contributed by atoms with Crippen molar-refractivity contribution in [3.63, 3.8) is 0 Å². The first-order valence-corrected chi connectivity index (χ1v) is 8.88. The van der Waals surface area contributed by atoms with Gasteiger partial charge in [0.05, 0.1) is 18.4 Å². The number of carbonyl (C=O) groups excluding carboxylic acids is 2. The Morgan fingerprint density at radius 1 is 1.09 bits per heavy atom. The maximum absolute atomic E-state index is 12.1. The SMILES string of the molecule is O=C(OCCS(=O)(=O)O)C1CCCCC1C(=O)OCC1CO1. The highest BCUT2D eigenvalue weighted by atomic mass is 32.2. The van der Waals surface area contributed by atoms with E-state index in [2.05, 4.69) is 0 Å². The average molecular weight is 336 g/mol. The van der Waals surface area contributed by atoms with Gasteiger partial charge in [0.25, 0.3) is 10.1 Å². The lowest BCUT2D eigenvalue weighted by molar-refractivity contribution is -0.162. The van der Waals surface area contributed by atoms with Gasteiger partial charge in [0.2, 0.25) is 0 Å². The van der Waals surface area contributed by atoms with Crippen LogP contribution in [0.2, 0.25) is 0 Å². The van der Waals surface area contributed by atoms with Crippen molar-refractivity contribution in [3.8, 4) is 0 Å². The number of ether oxygens (including phenoxy) is 3. The van der Waals surface area contributed by atoms with E-state index in [1.165, 1.54) is 0 Å². The summed E-state index contributed by atoms with van der Waals surface area (Å²) in [4.78, 5) is 24.1. The highest BCUT2D eigenvalue weighted by Crippen LogP contribution is 2.32. The Morgan fingerprint density at radius 3 is 2.14 bits per heavy atom. The second kappa shape index (κ2) is 7.38. The third-order valence-corrected chi connectivity index (χ3v) is 4.45. The molecule has 0 amide bonds. The van der Waals surface area contributed by atoms with Crippen molar-refractivity contribution in [2.45, 2.75) is 31.8 Å². The molecule has 0 aromatic rings. The molecule has 1 heterocycles. The van der Waals surface area contributed by atoms with Crippen molar-refractivity contribution in [2.24, 2.45) is 11.8 Å². The van der Waals surface area contributed by atoms with Crippen LogP contribution in [-0.2, 0) is 33.9 Å². The van der Waals surface area contributed by atoms with Crippen molar-refractivity contribution >= 4 is 22.1 Å². The first-order valence-electron chi connectivity index (χ1n) is 7.27. The van der Waals surface area contributed by atoms with Gasteiger partial charge < -0.3 is 14.2 Å². The lowest BCUT2D eigenvalue weighted by atomic mass is 9.79. The molecule has 1 aliphatic carbocycles. The smallest absolute Gasteiger partial charge is 0.309 e. The second-order valence-electron chi connectivity index (χ2n) is 5.54. The van der Waals surface area contributed by atoms with Crippen molar-refractivity contribution in [2.75, 3.05) is 25.6 Å². The molecule has 2 aliphatic rings. The van der Waals surface area contributed by atoms with E-state index in [-0.39, 0.29) is 12.7 Å². The van der Waals surface area contributed by atoms with E-state index in [0.717, 1.165) is 12.8 Å². The van der Waals surface area contributed by atoms with E-state index in [9.17, 15) is 18.0 Å². The minimum absolute atomic E-state index is 0.0345. The van der Waals surface area contributed by atoms with Crippen LogP contribution in [-0.4, -0.2) is 56.6 Å². The van der Waals surface area contributed by atoms with E-state index in [4.69, 9.17) is 18.8 Å². The zero-order valence-corrected chi connectivity index (χ0v) is 12.9. The number of hydrogen-bond donors (Lipinski definition) is 1. The Labute approximate surface area is 128 Å². The van der Waals surface area contributed by atoms with E-state index in [1.807, 2.05) is 0 Å². The zero-order chi connectivity index (χ0) is 16.2. The summed E-state index contributed by atoms with van der Waals surface area (Å²) in [5, 5.41) is 0. The average Bonchev–Trinajstić information content (AvgIpc) is 3.27. The van der Waals surface area contributed by atoms with Crippen LogP contribution in [0.4, 0.5) is 0 Å². The van der Waals surface area contributed by atoms with E-state index < -0.39 is 46.3 Å². The van der Waals surface area contributed by atoms with Crippen LogP contribution < -0.4 is 0 Å². The number of esters is 2. The summed E-state index contributed by atoms with van der Waals surface area (Å²) in [6.45, 7) is 0.352. The summed E-state index contributed by atoms with van der Waals surface area (Å²) in [7, 11) is -4.17. The van der Waals surface area contributed by atoms with Crippen molar-refractivity contribution in [3.05, 3.63) is 0 Å². The van der Waals surface area contributed by atoms with Crippen LogP contribution in [0.15, 0.2) is 0 Å². The summed E-state index contributed by atoms with van der Waals surface area (Å²) < 4.78 is 44.8. The van der Waals surface area contributed by atoms with Gasteiger partial charge in [-0.2, -0.15) is 8.42 Å². The molecule has 0 bridgehead atoms. The van der Waals surface area contributed by atoms with Gasteiger partial charge in [-0.1, -0.05) is 12.8 Å². The fraction of sp³-hybridized carbons (Fsp3) is 0.846. The number of carbonyl (C=O) groups is 2. The fourth-order valence-corrected chi connectivity index (χ4v) is 2.79. The summed E-state index contributed by atoms with van der Waals surface area (Å²) in [6, 6.07) is 0. The molecule has 1 N–H and O–H groups in total. The number of rotatable bonds is 7. The maximum Gasteiger partial charge on any atom is 0.309 e. The lowest BCUT2D eigenvalue weighted by Crippen LogP contribution is -2.36. The zero-order valence-electron chi connectivity index (χ0n) is 12.1. The minimum atomic E-state index is -4.17. The van der Waals surface area contributed by atoms with Gasteiger partial charge in [0, 0.05) is 0 Å². The van der Waals surface area contributed by atoms with Crippen molar-refractivity contribution in [1.29, 1.82) is 0 Å². The van der Waals surface area contributed by atoms with Gasteiger partial charge in [0.15, 0.2) is 0 Å². The molecule has 0 aromatic carbocycles. The molecule has 0 aromatic heterocycles. The molecule has 0 radical (unpaired) electrons. The van der Waals surface area contributed by atoms with Crippen molar-refractivity contribution in [1.82, 2.24) is 0 Å². The Kier molecular flexibility index (Phi) is 5.76. The molecule has 1 saturated heterocycles. The van der Waals surface area contributed by atoms with Gasteiger partial charge in [-0.15, -0.1) is 0 Å². The normalized spacial score (nSPS) is 28.0. The third kappa shape index (κ3) is 5.54. The quantitative estimate of drug-likeness (QED) is 0.397. The molecule has 0 spiro atoms. The van der Waals surface area contributed by atoms with Gasteiger partial charge in [-0.3, -0.25) is 14.1 Å².